The number of ketones is 1. The van der Waals surface area contributed by atoms with E-state index in [4.69, 9.17) is 80.0 Å². The number of halogens is 2. The van der Waals surface area contributed by atoms with Crippen LogP contribution < -0.4 is 24.0 Å². The number of esters is 9. The van der Waals surface area contributed by atoms with Gasteiger partial charge in [-0.15, -0.1) is 0 Å². The van der Waals surface area contributed by atoms with Gasteiger partial charge in [0.25, 0.3) is 0 Å². The topological polar surface area (TPSA) is 325 Å². The van der Waals surface area contributed by atoms with Crippen molar-refractivity contribution in [3.8, 4) is 17.2 Å². The number of anilines is 2. The molecule has 444 valence electrons. The molecule has 2 aliphatic carbocycles. The quantitative estimate of drug-likeness (QED) is 0.0417. The first-order chi connectivity index (χ1) is 39.2. The number of hydrogen-bond acceptors (Lipinski definition) is 25. The fourth-order valence-electron chi connectivity index (χ4n) is 8.01. The maximum absolute atomic E-state index is 13.8. The molecule has 0 aliphatic heterocycles. The van der Waals surface area contributed by atoms with Crippen LogP contribution in [0.4, 0.5) is 11.4 Å². The lowest BCUT2D eigenvalue weighted by Crippen LogP contribution is -2.37. The summed E-state index contributed by atoms with van der Waals surface area (Å²) in [6.07, 6.45) is 2.65. The summed E-state index contributed by atoms with van der Waals surface area (Å²) in [6.45, 7) is 3.05. The molecule has 1 N–H and O–H groups in total. The number of ether oxygens (including phenoxy) is 12. The van der Waals surface area contributed by atoms with Gasteiger partial charge >= 0.3 is 59.7 Å². The van der Waals surface area contributed by atoms with E-state index in [-0.39, 0.29) is 55.4 Å². The third-order valence-electron chi connectivity index (χ3n) is 11.7. The number of rotatable bonds is 28. The molecule has 28 heteroatoms. The Bertz CT molecular complexity index is 3110. The molecule has 0 spiro atoms. The van der Waals surface area contributed by atoms with Crippen LogP contribution in [0.2, 0.25) is 5.02 Å². The van der Waals surface area contributed by atoms with Crippen molar-refractivity contribution in [2.24, 2.45) is 0 Å². The van der Waals surface area contributed by atoms with Crippen LogP contribution in [0.25, 0.3) is 5.57 Å². The summed E-state index contributed by atoms with van der Waals surface area (Å²) in [5, 5.41) is 10.9. The van der Waals surface area contributed by atoms with Crippen LogP contribution in [-0.2, 0) is 96.0 Å². The van der Waals surface area contributed by atoms with Crippen LogP contribution in [0.1, 0.15) is 81.1 Å². The monoisotopic (exact) mass is 1200 g/mol. The van der Waals surface area contributed by atoms with Gasteiger partial charge in [0.1, 0.15) is 56.6 Å². The lowest BCUT2D eigenvalue weighted by Gasteiger charge is -2.40. The number of benzene rings is 3. The van der Waals surface area contributed by atoms with Gasteiger partial charge in [0.15, 0.2) is 5.78 Å². The molecule has 0 saturated carbocycles. The van der Waals surface area contributed by atoms with Gasteiger partial charge in [0, 0.05) is 45.6 Å². The normalized spacial score (nSPS) is 12.8. The number of allylic oxidation sites excluding steroid dienone is 5. The van der Waals surface area contributed by atoms with Gasteiger partial charge in [-0.2, -0.15) is 0 Å². The van der Waals surface area contributed by atoms with Crippen molar-refractivity contribution in [3.63, 3.8) is 0 Å². The average Bonchev–Trinajstić information content (AvgIpc) is 0.975. The Morgan fingerprint density at radius 2 is 0.964 bits per heavy atom. The second-order valence-electron chi connectivity index (χ2n) is 18.2. The Labute approximate surface area is 483 Å². The Morgan fingerprint density at radius 3 is 1.42 bits per heavy atom. The number of aryl methyl sites for hydroxylation is 1. The van der Waals surface area contributed by atoms with Crippen molar-refractivity contribution >= 4 is 106 Å². The second kappa shape index (κ2) is 29.5. The van der Waals surface area contributed by atoms with Gasteiger partial charge in [-0.3, -0.25) is 47.9 Å². The van der Waals surface area contributed by atoms with Crippen LogP contribution in [0.15, 0.2) is 70.8 Å². The summed E-state index contributed by atoms with van der Waals surface area (Å²) < 4.78 is 62.5. The van der Waals surface area contributed by atoms with Crippen LogP contribution in [0.5, 0.6) is 17.2 Å². The highest BCUT2D eigenvalue weighted by atomic mass is 35.5. The minimum absolute atomic E-state index is 0.0288. The SMILES string of the molecule is CC(=O)OCOC(=O)CN(CC(=O)OCOC(C)=O)c1ccc(C)cc1OCCOc1cc(C2=C3C=C(Cl)C(=O)C=C3C(C)(C)c3cc(OCOC(C)=O)c(Cl)cc32)c(C(=O)O)cc1N(CC(=O)OCOC(C)=O)CC(=O)OCOC(C)=O. The molecular formula is C55H56Cl2N2O24. The number of hydrogen-bond donors (Lipinski definition) is 1. The fraction of sp³-hybridized carbons (Fsp3) is 0.364. The van der Waals surface area contributed by atoms with Gasteiger partial charge in [-0.1, -0.05) is 43.1 Å². The van der Waals surface area contributed by atoms with Crippen molar-refractivity contribution in [2.75, 3.05) is 83.2 Å². The number of fused-ring (bicyclic) bond motifs is 2. The Kier molecular flexibility index (Phi) is 23.0. The van der Waals surface area contributed by atoms with Gasteiger partial charge in [-0.05, 0) is 88.9 Å². The molecule has 3 aromatic carbocycles. The molecule has 0 amide bonds. The molecule has 2 aliphatic rings. The van der Waals surface area contributed by atoms with Crippen LogP contribution >= 0.6 is 23.2 Å². The standard InChI is InChI=1S/C55H56Cl2N2O24/c1-29-9-10-43(58(20-49(66)80-25-75-31(3)61)21-50(67)81-26-76-32(4)62)47(13-29)72-11-12-73-48-17-35(36(54(70)71)16-44(48)59(22-51(68)82-27-77-33(5)63)23-52(69)83-28-78-34(6)64)53-37-14-41(56)45(65)18-39(37)55(7,8)40-19-46(42(57)15-38(40)53)79-24-74-30(2)60/h9-10,13-19H,11-12,20-28H2,1-8H3,(H,70,71). The lowest BCUT2D eigenvalue weighted by atomic mass is 9.64. The van der Waals surface area contributed by atoms with Gasteiger partial charge in [-0.25, -0.2) is 4.79 Å². The van der Waals surface area contributed by atoms with E-state index in [9.17, 15) is 57.8 Å². The third-order valence-corrected chi connectivity index (χ3v) is 12.3. The predicted molar refractivity (Wildman–Crippen MR) is 286 cm³/mol. The van der Waals surface area contributed by atoms with E-state index >= 15 is 0 Å². The molecule has 83 heavy (non-hydrogen) atoms. The number of carbonyl (C=O) groups is 11. The first kappa shape index (κ1) is 64.6. The molecule has 0 heterocycles. The molecule has 3 aromatic rings. The largest absolute Gasteiger partial charge is 0.488 e. The van der Waals surface area contributed by atoms with Crippen LogP contribution in [-0.4, -0.2) is 144 Å². The van der Waals surface area contributed by atoms with Gasteiger partial charge < -0.3 is 71.7 Å². The molecule has 0 radical (unpaired) electrons. The fourth-order valence-corrected chi connectivity index (χ4v) is 8.39. The summed E-state index contributed by atoms with van der Waals surface area (Å²) in [5.41, 5.74) is 0.262. The molecule has 26 nitrogen and oxygen atoms in total. The Hall–Kier alpha value is -9.17. The van der Waals surface area contributed by atoms with Crippen molar-refractivity contribution in [3.05, 3.63) is 104 Å². The highest BCUT2D eigenvalue weighted by molar-refractivity contribution is 6.45. The van der Waals surface area contributed by atoms with Crippen molar-refractivity contribution in [1.29, 1.82) is 0 Å². The smallest absolute Gasteiger partial charge is 0.336 e. The molecule has 0 aromatic heterocycles. The number of carboxylic acids is 1. The van der Waals surface area contributed by atoms with E-state index in [1.165, 1.54) is 48.2 Å². The number of nitrogens with zero attached hydrogens (tertiary/aromatic N) is 2. The highest BCUT2D eigenvalue weighted by Crippen LogP contribution is 2.54. The van der Waals surface area contributed by atoms with Crippen LogP contribution in [0, 0.1) is 6.92 Å². The van der Waals surface area contributed by atoms with Crippen LogP contribution in [0.3, 0.4) is 0 Å². The van der Waals surface area contributed by atoms with E-state index in [1.54, 1.807) is 32.9 Å². The van der Waals surface area contributed by atoms with E-state index < -0.39 is 150 Å². The molecule has 0 saturated heterocycles. The average molecular weight is 1200 g/mol. The van der Waals surface area contributed by atoms with E-state index in [2.05, 4.69) is 0 Å². The summed E-state index contributed by atoms with van der Waals surface area (Å²) >= 11 is 13.4. The number of carbonyl (C=O) groups excluding carboxylic acids is 10. The summed E-state index contributed by atoms with van der Waals surface area (Å²) in [7, 11) is 0. The van der Waals surface area contributed by atoms with Crippen molar-refractivity contribution < 1.29 is 115 Å². The Balaban J connectivity index is 1.70. The molecule has 0 unspecified atom stereocenters. The minimum atomic E-state index is -1.58. The first-order valence-corrected chi connectivity index (χ1v) is 25.3. The van der Waals surface area contributed by atoms with Crippen molar-refractivity contribution in [2.45, 2.75) is 60.8 Å². The zero-order chi connectivity index (χ0) is 61.3. The molecule has 0 atom stereocenters. The van der Waals surface area contributed by atoms with E-state index in [0.29, 0.717) is 22.3 Å². The molecule has 0 bridgehead atoms. The molecule has 5 rings (SSSR count). The van der Waals surface area contributed by atoms with Gasteiger partial charge in [0.2, 0.25) is 34.0 Å². The zero-order valence-electron chi connectivity index (χ0n) is 46.0. The molecular weight excluding hydrogens is 1140 g/mol. The maximum Gasteiger partial charge on any atom is 0.336 e. The second-order valence-corrected chi connectivity index (χ2v) is 19.0. The minimum Gasteiger partial charge on any atom is -0.488 e. The third kappa shape index (κ3) is 18.4. The lowest BCUT2D eigenvalue weighted by molar-refractivity contribution is -0.167. The number of aromatic carboxylic acids is 1. The van der Waals surface area contributed by atoms with E-state index in [0.717, 1.165) is 38.7 Å². The number of carboxylic acid groups (broad SMARTS) is 1. The molecule has 0 fully saturated rings. The van der Waals surface area contributed by atoms with Gasteiger partial charge in [0.05, 0.1) is 27.0 Å². The van der Waals surface area contributed by atoms with E-state index in [1.807, 2.05) is 0 Å². The first-order valence-electron chi connectivity index (χ1n) is 24.6. The summed E-state index contributed by atoms with van der Waals surface area (Å²) in [6, 6.07) is 10.0. The summed E-state index contributed by atoms with van der Waals surface area (Å²) in [4.78, 5) is 140. The zero-order valence-corrected chi connectivity index (χ0v) is 47.5. The highest BCUT2D eigenvalue weighted by Gasteiger charge is 2.41. The summed E-state index contributed by atoms with van der Waals surface area (Å²) in [5.74, 6) is -10.2. The Morgan fingerprint density at radius 1 is 0.518 bits per heavy atom. The predicted octanol–water partition coefficient (Wildman–Crippen LogP) is 5.30. The van der Waals surface area contributed by atoms with Crippen molar-refractivity contribution in [1.82, 2.24) is 0 Å². The maximum atomic E-state index is 13.8.